The molecule has 2 aromatic heterocycles. The molecule has 1 unspecified atom stereocenters. The van der Waals surface area contributed by atoms with E-state index in [-0.39, 0.29) is 25.5 Å². The molecule has 1 aliphatic rings. The number of carbonyl (C=O) groups excluding carboxylic acids is 1. The van der Waals surface area contributed by atoms with Gasteiger partial charge in [-0.3, -0.25) is 9.59 Å². The van der Waals surface area contributed by atoms with Gasteiger partial charge in [0.1, 0.15) is 5.56 Å². The Kier molecular flexibility index (Phi) is 7.84. The molecule has 1 atom stereocenters. The number of halogens is 3. The molecule has 0 saturated carbocycles. The second kappa shape index (κ2) is 10.6. The maximum atomic E-state index is 13.1. The number of amides is 1. The van der Waals surface area contributed by atoms with E-state index in [0.29, 0.717) is 32.1 Å². The van der Waals surface area contributed by atoms with Crippen LogP contribution in [0, 0.1) is 6.92 Å². The molecular weight excluding hydrogens is 443 g/mol. The van der Waals surface area contributed by atoms with Crippen LogP contribution in [0.3, 0.4) is 0 Å². The fourth-order valence-electron chi connectivity index (χ4n) is 3.38. The third kappa shape index (κ3) is 6.63. The first-order valence-corrected chi connectivity index (χ1v) is 10.5. The number of alkyl halides is 3. The van der Waals surface area contributed by atoms with E-state index in [0.717, 1.165) is 11.8 Å². The Labute approximate surface area is 188 Å². The van der Waals surface area contributed by atoms with Gasteiger partial charge in [-0.15, -0.1) is 0 Å². The number of aromatic amines is 1. The largest absolute Gasteiger partial charge is 0.423 e. The molecule has 0 radical (unpaired) electrons. The summed E-state index contributed by atoms with van der Waals surface area (Å²) in [7, 11) is 0. The number of rotatable bonds is 8. The molecule has 10 nitrogen and oxygen atoms in total. The fraction of sp³-hybridized carbons (Fsp3) is 0.550. The summed E-state index contributed by atoms with van der Waals surface area (Å²) in [5.74, 6) is 0.583. The number of ether oxygens (including phenoxy) is 1. The van der Waals surface area contributed by atoms with Gasteiger partial charge < -0.3 is 19.9 Å². The van der Waals surface area contributed by atoms with Gasteiger partial charge in [-0.25, -0.2) is 15.1 Å². The van der Waals surface area contributed by atoms with E-state index < -0.39 is 29.0 Å². The summed E-state index contributed by atoms with van der Waals surface area (Å²) in [6.07, 6.45) is -0.242. The molecule has 0 aliphatic carbocycles. The van der Waals surface area contributed by atoms with Crippen molar-refractivity contribution in [3.05, 3.63) is 40.1 Å². The Balaban J connectivity index is 1.39. The summed E-state index contributed by atoms with van der Waals surface area (Å²) in [6, 6.07) is -0.539. The lowest BCUT2D eigenvalue weighted by atomic mass is 10.2. The molecule has 0 spiro atoms. The van der Waals surface area contributed by atoms with Gasteiger partial charge in [-0.05, 0) is 19.4 Å². The van der Waals surface area contributed by atoms with Gasteiger partial charge in [0, 0.05) is 44.6 Å². The van der Waals surface area contributed by atoms with Crippen LogP contribution >= 0.6 is 0 Å². The summed E-state index contributed by atoms with van der Waals surface area (Å²) in [5.41, 5.74) is -2.10. The Morgan fingerprint density at radius 1 is 1.21 bits per heavy atom. The molecule has 3 heterocycles. The molecule has 33 heavy (non-hydrogen) atoms. The van der Waals surface area contributed by atoms with E-state index in [1.54, 1.807) is 29.3 Å². The third-order valence-electron chi connectivity index (χ3n) is 5.05. The van der Waals surface area contributed by atoms with Crippen molar-refractivity contribution in [1.29, 1.82) is 0 Å². The predicted octanol–water partition coefficient (Wildman–Crippen LogP) is 1.44. The minimum Gasteiger partial charge on any atom is -0.379 e. The van der Waals surface area contributed by atoms with Crippen LogP contribution in [0.5, 0.6) is 0 Å². The highest BCUT2D eigenvalue weighted by atomic mass is 19.4. The molecule has 13 heteroatoms. The smallest absolute Gasteiger partial charge is 0.379 e. The Morgan fingerprint density at radius 3 is 2.52 bits per heavy atom. The molecule has 180 valence electrons. The van der Waals surface area contributed by atoms with Crippen LogP contribution in [0.2, 0.25) is 0 Å². The van der Waals surface area contributed by atoms with Crippen molar-refractivity contribution >= 4 is 17.5 Å². The second-order valence-corrected chi connectivity index (χ2v) is 7.78. The van der Waals surface area contributed by atoms with Gasteiger partial charge in [-0.1, -0.05) is 0 Å². The number of nitrogens with one attached hydrogen (secondary N) is 2. The molecule has 1 amide bonds. The number of carbonyl (C=O) groups is 1. The fourth-order valence-corrected chi connectivity index (χ4v) is 3.38. The van der Waals surface area contributed by atoms with Crippen LogP contribution in [0.25, 0.3) is 0 Å². The number of anilines is 2. The number of piperazine rings is 1. The van der Waals surface area contributed by atoms with Gasteiger partial charge >= 0.3 is 6.18 Å². The topological polar surface area (TPSA) is 116 Å². The number of aryl methyl sites for hydroxylation is 1. The van der Waals surface area contributed by atoms with Gasteiger partial charge in [-0.2, -0.15) is 18.3 Å². The molecular formula is C20H26F3N7O3. The lowest BCUT2D eigenvalue weighted by Gasteiger charge is -2.34. The zero-order valence-electron chi connectivity index (χ0n) is 18.4. The van der Waals surface area contributed by atoms with E-state index in [1.807, 2.05) is 11.8 Å². The average molecular weight is 469 g/mol. The van der Waals surface area contributed by atoms with Crippen LogP contribution < -0.4 is 15.8 Å². The SMILES string of the molecule is Cc1cnc(N2CCN(C(=O)CCOCC(C)Nc3cn[nH]c(=O)c3C(F)(F)F)CC2)nc1. The number of hydrogen-bond acceptors (Lipinski definition) is 8. The first-order chi connectivity index (χ1) is 15.6. The van der Waals surface area contributed by atoms with E-state index >= 15 is 0 Å². The van der Waals surface area contributed by atoms with Gasteiger partial charge in [0.15, 0.2) is 0 Å². The zero-order chi connectivity index (χ0) is 24.0. The monoisotopic (exact) mass is 469 g/mol. The van der Waals surface area contributed by atoms with Crippen LogP contribution in [-0.4, -0.2) is 76.4 Å². The minimum absolute atomic E-state index is 0.0515. The number of hydrogen-bond donors (Lipinski definition) is 2. The molecule has 1 aliphatic heterocycles. The quantitative estimate of drug-likeness (QED) is 0.558. The first kappa shape index (κ1) is 24.4. The third-order valence-corrected chi connectivity index (χ3v) is 5.05. The molecule has 1 saturated heterocycles. The summed E-state index contributed by atoms with van der Waals surface area (Å²) in [6.45, 7) is 6.05. The van der Waals surface area contributed by atoms with E-state index in [4.69, 9.17) is 4.74 Å². The Morgan fingerprint density at radius 2 is 1.88 bits per heavy atom. The second-order valence-electron chi connectivity index (χ2n) is 7.78. The lowest BCUT2D eigenvalue weighted by Crippen LogP contribution is -2.49. The van der Waals surface area contributed by atoms with Crippen molar-refractivity contribution in [3.63, 3.8) is 0 Å². The van der Waals surface area contributed by atoms with Crippen LogP contribution in [0.15, 0.2) is 23.4 Å². The van der Waals surface area contributed by atoms with E-state index in [2.05, 4.69) is 20.4 Å². The highest BCUT2D eigenvalue weighted by Gasteiger charge is 2.37. The molecule has 2 N–H and O–H groups in total. The summed E-state index contributed by atoms with van der Waals surface area (Å²) in [5, 5.41) is 7.78. The number of aromatic nitrogens is 4. The average Bonchev–Trinajstić information content (AvgIpc) is 2.76. The highest BCUT2D eigenvalue weighted by molar-refractivity contribution is 5.76. The minimum atomic E-state index is -4.82. The van der Waals surface area contributed by atoms with Crippen molar-refractivity contribution in [1.82, 2.24) is 25.1 Å². The maximum absolute atomic E-state index is 13.1. The molecule has 3 rings (SSSR count). The normalized spacial score (nSPS) is 15.4. The van der Waals surface area contributed by atoms with Crippen molar-refractivity contribution < 1.29 is 22.7 Å². The van der Waals surface area contributed by atoms with Gasteiger partial charge in [0.05, 0.1) is 31.5 Å². The van der Waals surface area contributed by atoms with Gasteiger partial charge in [0.25, 0.3) is 5.56 Å². The van der Waals surface area contributed by atoms with Crippen LogP contribution in [-0.2, 0) is 15.7 Å². The molecule has 0 bridgehead atoms. The Bertz CT molecular complexity index is 990. The van der Waals surface area contributed by atoms with Crippen molar-refractivity contribution in [3.8, 4) is 0 Å². The number of H-pyrrole nitrogens is 1. The van der Waals surface area contributed by atoms with Gasteiger partial charge in [0.2, 0.25) is 11.9 Å². The van der Waals surface area contributed by atoms with Crippen molar-refractivity contribution in [2.75, 3.05) is 49.6 Å². The highest BCUT2D eigenvalue weighted by Crippen LogP contribution is 2.31. The van der Waals surface area contributed by atoms with E-state index in [9.17, 15) is 22.8 Å². The van der Waals surface area contributed by atoms with Crippen LogP contribution in [0.4, 0.5) is 24.8 Å². The molecule has 0 aromatic carbocycles. The van der Waals surface area contributed by atoms with Crippen molar-refractivity contribution in [2.24, 2.45) is 0 Å². The first-order valence-electron chi connectivity index (χ1n) is 10.5. The van der Waals surface area contributed by atoms with Crippen molar-refractivity contribution in [2.45, 2.75) is 32.5 Å². The Hall–Kier alpha value is -3.22. The zero-order valence-corrected chi connectivity index (χ0v) is 18.4. The summed E-state index contributed by atoms with van der Waals surface area (Å²) < 4.78 is 44.8. The maximum Gasteiger partial charge on any atom is 0.423 e. The van der Waals surface area contributed by atoms with Crippen LogP contribution in [0.1, 0.15) is 24.5 Å². The standard InChI is InChI=1S/C20H26F3N7O3/c1-13-9-24-19(25-10-13)30-6-4-29(5-7-30)16(31)3-8-33-12-14(2)27-15-11-26-28-18(32)17(15)20(21,22)23/h9-11,14H,3-8,12H2,1-2H3,(H2,27,28,32). The summed E-state index contributed by atoms with van der Waals surface area (Å²) in [4.78, 5) is 36.3. The lowest BCUT2D eigenvalue weighted by molar-refractivity contribution is -0.138. The molecule has 2 aromatic rings. The number of nitrogens with zero attached hydrogens (tertiary/aromatic N) is 5. The summed E-state index contributed by atoms with van der Waals surface area (Å²) >= 11 is 0. The molecule has 1 fully saturated rings. The van der Waals surface area contributed by atoms with E-state index in [1.165, 1.54) is 0 Å². The predicted molar refractivity (Wildman–Crippen MR) is 114 cm³/mol.